The van der Waals surface area contributed by atoms with Gasteiger partial charge in [0.1, 0.15) is 13.2 Å². The predicted molar refractivity (Wildman–Crippen MR) is 173 cm³/mol. The van der Waals surface area contributed by atoms with Crippen molar-refractivity contribution in [3.63, 3.8) is 0 Å². The lowest BCUT2D eigenvalue weighted by Gasteiger charge is -2.28. The molecule has 9 heteroatoms. The lowest BCUT2D eigenvalue weighted by Crippen LogP contribution is -2.38. The van der Waals surface area contributed by atoms with E-state index in [0.717, 1.165) is 32.1 Å². The number of hydrogen-bond acceptors (Lipinski definition) is 6. The maximum absolute atomic E-state index is 12.4. The lowest BCUT2D eigenvalue weighted by atomic mass is 10.0. The summed E-state index contributed by atoms with van der Waals surface area (Å²) in [4.78, 5) is 24.6. The summed E-state index contributed by atoms with van der Waals surface area (Å²) < 4.78 is 28.8. The molecule has 0 aliphatic heterocycles. The number of carbonyl (C=O) groups is 1. The van der Waals surface area contributed by atoms with Crippen molar-refractivity contribution >= 4 is 13.7 Å². The summed E-state index contributed by atoms with van der Waals surface area (Å²) in [6, 6.07) is 0. The quantitative estimate of drug-likeness (QED) is 0.0466. The average Bonchev–Trinajstić information content (AvgIpc) is 2.93. The van der Waals surface area contributed by atoms with Gasteiger partial charge in [0.25, 0.3) is 7.82 Å². The van der Waals surface area contributed by atoms with Crippen molar-refractivity contribution in [1.29, 1.82) is 0 Å². The second kappa shape index (κ2) is 28.0. The van der Waals surface area contributed by atoms with Crippen LogP contribution in [0.3, 0.4) is 0 Å². The number of amides is 1. The molecule has 0 bridgehead atoms. The van der Waals surface area contributed by atoms with Crippen LogP contribution in [0.2, 0.25) is 0 Å². The van der Waals surface area contributed by atoms with Crippen LogP contribution in [0.5, 0.6) is 0 Å². The van der Waals surface area contributed by atoms with Gasteiger partial charge in [-0.3, -0.25) is 9.36 Å². The molecule has 0 heterocycles. The van der Waals surface area contributed by atoms with Crippen molar-refractivity contribution in [1.82, 2.24) is 5.32 Å². The van der Waals surface area contributed by atoms with Gasteiger partial charge in [0, 0.05) is 19.6 Å². The van der Waals surface area contributed by atoms with E-state index >= 15 is 0 Å². The third-order valence-electron chi connectivity index (χ3n) is 7.57. The molecule has 252 valence electrons. The number of unbranched alkanes of at least 4 members (excludes halogenated alkanes) is 18. The monoisotopic (exact) mass is 620 g/mol. The molecular weight excluding hydrogens is 551 g/mol. The van der Waals surface area contributed by atoms with Gasteiger partial charge >= 0.3 is 0 Å². The zero-order chi connectivity index (χ0) is 31.4. The molecule has 0 saturated heterocycles. The summed E-state index contributed by atoms with van der Waals surface area (Å²) in [5, 5.41) is 2.91. The number of quaternary nitrogens is 1. The van der Waals surface area contributed by atoms with Crippen LogP contribution in [0.4, 0.5) is 0 Å². The van der Waals surface area contributed by atoms with Crippen molar-refractivity contribution in [2.75, 3.05) is 54.1 Å². The van der Waals surface area contributed by atoms with E-state index in [1.165, 1.54) is 96.3 Å². The van der Waals surface area contributed by atoms with Gasteiger partial charge in [-0.25, -0.2) is 0 Å². The Morgan fingerprint density at radius 2 is 1.14 bits per heavy atom. The number of nitrogens with zero attached hydrogens (tertiary/aromatic N) is 1. The summed E-state index contributed by atoms with van der Waals surface area (Å²) in [5.41, 5.74) is 0. The first-order valence-corrected chi connectivity index (χ1v) is 18.8. The van der Waals surface area contributed by atoms with Crippen LogP contribution in [0, 0.1) is 0 Å². The Morgan fingerprint density at radius 1 is 0.690 bits per heavy atom. The topological polar surface area (TPSA) is 96.9 Å². The minimum atomic E-state index is -4.43. The molecule has 0 saturated carbocycles. The number of hydrogen-bond donors (Lipinski definition) is 1. The van der Waals surface area contributed by atoms with E-state index in [0.29, 0.717) is 24.1 Å². The van der Waals surface area contributed by atoms with Gasteiger partial charge in [0.2, 0.25) is 5.91 Å². The molecule has 1 N–H and O–H groups in total. The first-order chi connectivity index (χ1) is 20.1. The maximum Gasteiger partial charge on any atom is 0.268 e. The zero-order valence-electron chi connectivity index (χ0n) is 28.3. The second-order valence-corrected chi connectivity index (χ2v) is 14.4. The van der Waals surface area contributed by atoms with E-state index in [4.69, 9.17) is 13.8 Å². The van der Waals surface area contributed by atoms with Crippen molar-refractivity contribution in [2.45, 2.75) is 155 Å². The number of likely N-dealkylation sites (N-methyl/N-ethyl adjacent to an activating group) is 1. The van der Waals surface area contributed by atoms with Gasteiger partial charge in [0.15, 0.2) is 0 Å². The summed E-state index contributed by atoms with van der Waals surface area (Å²) in [7, 11) is 1.46. The first-order valence-electron chi connectivity index (χ1n) is 17.4. The van der Waals surface area contributed by atoms with Crippen molar-refractivity contribution in [2.24, 2.45) is 0 Å². The molecule has 0 aromatic rings. The molecule has 0 aromatic heterocycles. The second-order valence-electron chi connectivity index (χ2n) is 13.0. The molecule has 0 aliphatic carbocycles. The third kappa shape index (κ3) is 30.9. The Balaban J connectivity index is 4.09. The minimum absolute atomic E-state index is 0.0225. The van der Waals surface area contributed by atoms with E-state index in [-0.39, 0.29) is 25.7 Å². The fraction of sp³-hybridized carbons (Fsp3) is 0.970. The van der Waals surface area contributed by atoms with Crippen LogP contribution in [-0.4, -0.2) is 70.5 Å². The minimum Gasteiger partial charge on any atom is -0.756 e. The third-order valence-corrected chi connectivity index (χ3v) is 8.53. The van der Waals surface area contributed by atoms with Crippen molar-refractivity contribution < 1.29 is 32.5 Å². The summed E-state index contributed by atoms with van der Waals surface area (Å²) in [6.45, 7) is 5.62. The maximum atomic E-state index is 12.4. The lowest BCUT2D eigenvalue weighted by molar-refractivity contribution is -0.870. The molecule has 0 aliphatic rings. The number of phosphoric ester groups is 1. The van der Waals surface area contributed by atoms with E-state index in [1.54, 1.807) is 0 Å². The molecule has 42 heavy (non-hydrogen) atoms. The molecule has 2 atom stereocenters. The number of nitrogens with one attached hydrogen (secondary N) is 1. The Kier molecular flexibility index (Phi) is 27.7. The van der Waals surface area contributed by atoms with E-state index in [2.05, 4.69) is 19.2 Å². The van der Waals surface area contributed by atoms with Gasteiger partial charge in [-0.15, -0.1) is 0 Å². The van der Waals surface area contributed by atoms with Crippen LogP contribution in [0.15, 0.2) is 0 Å². The highest BCUT2D eigenvalue weighted by atomic mass is 31.2. The smallest absolute Gasteiger partial charge is 0.268 e. The molecule has 0 fully saturated rings. The van der Waals surface area contributed by atoms with Crippen molar-refractivity contribution in [3.8, 4) is 0 Å². The van der Waals surface area contributed by atoms with Crippen LogP contribution in [0.25, 0.3) is 0 Å². The van der Waals surface area contributed by atoms with Crippen LogP contribution in [0.1, 0.15) is 149 Å². The van der Waals surface area contributed by atoms with Crippen LogP contribution < -0.4 is 10.2 Å². The Morgan fingerprint density at radius 3 is 1.62 bits per heavy atom. The van der Waals surface area contributed by atoms with Crippen molar-refractivity contribution in [3.05, 3.63) is 0 Å². The molecule has 0 spiro atoms. The highest BCUT2D eigenvalue weighted by molar-refractivity contribution is 7.45. The number of carbonyl (C=O) groups excluding carboxylic acids is 1. The number of phosphoric acid groups is 1. The average molecular weight is 621 g/mol. The molecule has 0 radical (unpaired) electrons. The van der Waals surface area contributed by atoms with Gasteiger partial charge in [-0.2, -0.15) is 0 Å². The Labute approximate surface area is 260 Å². The van der Waals surface area contributed by atoms with Gasteiger partial charge in [-0.1, -0.05) is 129 Å². The van der Waals surface area contributed by atoms with Gasteiger partial charge in [-0.05, 0) is 12.8 Å². The molecule has 0 aromatic carbocycles. The van der Waals surface area contributed by atoms with E-state index < -0.39 is 13.9 Å². The predicted octanol–water partition coefficient (Wildman–Crippen LogP) is 7.93. The van der Waals surface area contributed by atoms with E-state index in [9.17, 15) is 14.3 Å². The molecule has 2 unspecified atom stereocenters. The summed E-state index contributed by atoms with van der Waals surface area (Å²) in [6.07, 6.45) is 24.9. The van der Waals surface area contributed by atoms with E-state index in [1.807, 2.05) is 21.1 Å². The van der Waals surface area contributed by atoms with Gasteiger partial charge in [0.05, 0.1) is 33.9 Å². The van der Waals surface area contributed by atoms with Crippen LogP contribution in [-0.2, 0) is 23.1 Å². The molecule has 8 nitrogen and oxygen atoms in total. The summed E-state index contributed by atoms with van der Waals surface area (Å²) in [5.74, 6) is -0.0225. The normalized spacial score (nSPS) is 14.1. The Bertz CT molecular complexity index is 659. The molecule has 0 rings (SSSR count). The zero-order valence-corrected chi connectivity index (χ0v) is 29.2. The number of ether oxygens (including phenoxy) is 1. The number of rotatable bonds is 32. The fourth-order valence-electron chi connectivity index (χ4n) is 4.73. The van der Waals surface area contributed by atoms with Gasteiger partial charge < -0.3 is 28.5 Å². The highest BCUT2D eigenvalue weighted by Gasteiger charge is 2.18. The largest absolute Gasteiger partial charge is 0.756 e. The fourth-order valence-corrected chi connectivity index (χ4v) is 5.46. The molecule has 1 amide bonds. The molecular formula is C33H69N2O6P. The van der Waals surface area contributed by atoms with Crippen LogP contribution >= 0.6 is 7.82 Å². The standard InChI is InChI=1S/C33H69N2O6P/c1-6-8-10-12-13-14-15-16-17-18-19-20-21-22-24-26-33(36)34-30-32(39-28-25-23-11-9-7-2)31-41-42(37,38)40-29-27-35(3,4)5/h32H,6-31H2,1-5H3,(H-,34,36,37,38). The summed E-state index contributed by atoms with van der Waals surface area (Å²) >= 11 is 0. The first kappa shape index (κ1) is 41.5. The highest BCUT2D eigenvalue weighted by Crippen LogP contribution is 2.38. The Hall–Kier alpha value is -0.500. The SMILES string of the molecule is CCCCCCCCCCCCCCCCCC(=O)NCC(COP(=O)([O-])OCC[N+](C)(C)C)OCCCCCCC.